The molecule has 1 aliphatic rings. The van der Waals surface area contributed by atoms with Gasteiger partial charge in [-0.15, -0.1) is 0 Å². The van der Waals surface area contributed by atoms with E-state index in [-0.39, 0.29) is 11.1 Å². The van der Waals surface area contributed by atoms with Gasteiger partial charge in [-0.2, -0.15) is 0 Å². The van der Waals surface area contributed by atoms with E-state index in [1.54, 1.807) is 24.3 Å². The van der Waals surface area contributed by atoms with Gasteiger partial charge in [0.1, 0.15) is 11.1 Å². The Hall–Kier alpha value is -3.89. The molecule has 0 saturated carbocycles. The molecule has 38 heavy (non-hydrogen) atoms. The second-order valence-electron chi connectivity index (χ2n) is 8.64. The molecule has 1 heterocycles. The van der Waals surface area contributed by atoms with Gasteiger partial charge < -0.3 is 14.6 Å². The van der Waals surface area contributed by atoms with Crippen LogP contribution >= 0.6 is 18.5 Å². The number of hydrogen-bond acceptors (Lipinski definition) is 5. The Morgan fingerprint density at radius 2 is 1.24 bits per heavy atom. The Morgan fingerprint density at radius 3 is 1.66 bits per heavy atom. The summed E-state index contributed by atoms with van der Waals surface area (Å²) in [5, 5.41) is 14.8. The lowest BCUT2D eigenvalue weighted by molar-refractivity contribution is -0.152. The van der Waals surface area contributed by atoms with Crippen molar-refractivity contribution in [2.24, 2.45) is 0 Å². The average Bonchev–Trinajstić information content (AvgIpc) is 3.27. The van der Waals surface area contributed by atoms with Crippen LogP contribution in [0.2, 0.25) is 5.02 Å². The first kappa shape index (κ1) is 25.7. The van der Waals surface area contributed by atoms with E-state index >= 15 is 0 Å². The molecule has 5 rings (SSSR count). The summed E-state index contributed by atoms with van der Waals surface area (Å²) in [6.45, 7) is -3.22. The maximum Gasteiger partial charge on any atom is 0.342 e. The first-order valence-electron chi connectivity index (χ1n) is 11.9. The Bertz CT molecular complexity index is 1460. The van der Waals surface area contributed by atoms with Gasteiger partial charge in [-0.25, -0.2) is 4.79 Å². The molecule has 0 aromatic heterocycles. The number of benzene rings is 4. The number of carbonyl (C=O) groups is 2. The number of aliphatic hydroxyl groups is 1. The van der Waals surface area contributed by atoms with E-state index < -0.39 is 24.4 Å². The third-order valence-corrected chi connectivity index (χ3v) is 11.1. The molecule has 190 valence electrons. The molecule has 1 unspecified atom stereocenters. The fraction of sp³-hybridized carbons (Fsp3) is 0.0645. The molecule has 4 aromatic rings. The molecular weight excluding hydrogens is 519 g/mol. The maximum absolute atomic E-state index is 13.8. The number of esters is 1. The molecule has 0 aliphatic carbocycles. The van der Waals surface area contributed by atoms with Crippen molar-refractivity contribution in [2.45, 2.75) is 5.79 Å². The molecule has 7 heteroatoms. The predicted octanol–water partition coefficient (Wildman–Crippen LogP) is 4.31. The van der Waals surface area contributed by atoms with Gasteiger partial charge in [0.05, 0.1) is 7.11 Å². The number of methoxy groups -OCH3 is 1. The zero-order chi connectivity index (χ0) is 26.8. The summed E-state index contributed by atoms with van der Waals surface area (Å²) in [6, 6.07) is 34.9. The number of ketones is 1. The van der Waals surface area contributed by atoms with Gasteiger partial charge in [-0.1, -0.05) is 103 Å². The SMILES string of the molecule is COC(=O)C(C1(O)OC(c2ccc(Cl)cc2)=CC1=O)=P(c1ccccc1)(c1ccccc1)c1ccccc1. The van der Waals surface area contributed by atoms with Crippen molar-refractivity contribution in [3.63, 3.8) is 0 Å². The summed E-state index contributed by atoms with van der Waals surface area (Å²) < 4.78 is 11.3. The monoisotopic (exact) mass is 542 g/mol. The highest BCUT2D eigenvalue weighted by Crippen LogP contribution is 2.50. The first-order valence-corrected chi connectivity index (χ1v) is 14.0. The zero-order valence-electron chi connectivity index (χ0n) is 20.5. The van der Waals surface area contributed by atoms with Gasteiger partial charge in [-0.05, 0) is 47.1 Å². The van der Waals surface area contributed by atoms with Gasteiger partial charge in [0, 0.05) is 16.7 Å². The van der Waals surface area contributed by atoms with Gasteiger partial charge in [-0.3, -0.25) is 4.79 Å². The summed E-state index contributed by atoms with van der Waals surface area (Å²) in [5.74, 6) is -4.09. The fourth-order valence-electron chi connectivity index (χ4n) is 4.77. The average molecular weight is 543 g/mol. The molecule has 1 N–H and O–H groups in total. The molecule has 4 aromatic carbocycles. The minimum absolute atomic E-state index is 0.128. The Kier molecular flexibility index (Phi) is 7.09. The topological polar surface area (TPSA) is 72.8 Å². The van der Waals surface area contributed by atoms with Crippen LogP contribution in [0.15, 0.2) is 121 Å². The van der Waals surface area contributed by atoms with E-state index in [1.807, 2.05) is 91.0 Å². The second kappa shape index (κ2) is 10.5. The van der Waals surface area contributed by atoms with Crippen molar-refractivity contribution in [1.29, 1.82) is 0 Å². The van der Waals surface area contributed by atoms with Gasteiger partial charge in [0.25, 0.3) is 0 Å². The zero-order valence-corrected chi connectivity index (χ0v) is 22.1. The Balaban J connectivity index is 1.91. The van der Waals surface area contributed by atoms with Crippen LogP contribution in [0.1, 0.15) is 5.56 Å². The minimum Gasteiger partial charge on any atom is -0.465 e. The van der Waals surface area contributed by atoms with Crippen molar-refractivity contribution in [3.05, 3.63) is 132 Å². The van der Waals surface area contributed by atoms with E-state index in [2.05, 4.69) is 0 Å². The smallest absolute Gasteiger partial charge is 0.342 e. The predicted molar refractivity (Wildman–Crippen MR) is 153 cm³/mol. The number of rotatable bonds is 6. The number of ether oxygens (including phenoxy) is 2. The standard InChI is InChI=1S/C31H24ClO5P/c1-36-30(34)29(31(35)28(33)21-27(37-31)22-17-19-23(32)20-18-22)38(24-11-5-2-6-12-24,25-13-7-3-8-14-25)26-15-9-4-10-16-26/h2-21,35H,1H3. The second-order valence-corrected chi connectivity index (χ2v) is 12.4. The lowest BCUT2D eigenvalue weighted by atomic mass is 10.1. The molecule has 5 nitrogen and oxygen atoms in total. The molecular formula is C31H24ClO5P. The van der Waals surface area contributed by atoms with E-state index in [1.165, 1.54) is 13.2 Å². The molecule has 0 fully saturated rings. The van der Waals surface area contributed by atoms with Crippen LogP contribution in [0.5, 0.6) is 0 Å². The van der Waals surface area contributed by atoms with E-state index in [9.17, 15) is 14.7 Å². The van der Waals surface area contributed by atoms with Crippen LogP contribution in [-0.2, 0) is 19.1 Å². The van der Waals surface area contributed by atoms with Crippen molar-refractivity contribution < 1.29 is 24.2 Å². The summed E-state index contributed by atoms with van der Waals surface area (Å²) in [4.78, 5) is 27.5. The van der Waals surface area contributed by atoms with E-state index in [0.29, 0.717) is 10.6 Å². The highest BCUT2D eigenvalue weighted by molar-refractivity contribution is 7.96. The summed E-state index contributed by atoms with van der Waals surface area (Å²) in [6.07, 6.45) is 1.21. The van der Waals surface area contributed by atoms with E-state index in [0.717, 1.165) is 15.9 Å². The lowest BCUT2D eigenvalue weighted by Gasteiger charge is -2.36. The number of carbonyl (C=O) groups excluding carboxylic acids is 2. The number of halogens is 1. The summed E-state index contributed by atoms with van der Waals surface area (Å²) in [7, 11) is 1.23. The van der Waals surface area contributed by atoms with Crippen LogP contribution in [-0.4, -0.2) is 35.0 Å². The Labute approximate surface area is 225 Å². The largest absolute Gasteiger partial charge is 0.465 e. The molecule has 0 bridgehead atoms. The van der Waals surface area contributed by atoms with Crippen LogP contribution in [0, 0.1) is 0 Å². The van der Waals surface area contributed by atoms with Gasteiger partial charge >= 0.3 is 11.8 Å². The molecule has 1 atom stereocenters. The molecule has 0 amide bonds. The van der Waals surface area contributed by atoms with Crippen molar-refractivity contribution in [3.8, 4) is 0 Å². The van der Waals surface area contributed by atoms with E-state index in [4.69, 9.17) is 21.1 Å². The highest BCUT2D eigenvalue weighted by Gasteiger charge is 2.55. The summed E-state index contributed by atoms with van der Waals surface area (Å²) >= 11 is 6.04. The quantitative estimate of drug-likeness (QED) is 0.290. The first-order chi connectivity index (χ1) is 18.4. The summed E-state index contributed by atoms with van der Waals surface area (Å²) in [5.41, 5.74) is 0.533. The molecule has 0 saturated heterocycles. The molecule has 1 aliphatic heterocycles. The van der Waals surface area contributed by atoms with Crippen molar-refractivity contribution in [2.75, 3.05) is 7.11 Å². The maximum atomic E-state index is 13.8. The van der Waals surface area contributed by atoms with Crippen LogP contribution in [0.4, 0.5) is 0 Å². The van der Waals surface area contributed by atoms with Crippen LogP contribution in [0.3, 0.4) is 0 Å². The van der Waals surface area contributed by atoms with Crippen molar-refractivity contribution >= 4 is 57.2 Å². The van der Waals surface area contributed by atoms with Crippen molar-refractivity contribution in [1.82, 2.24) is 0 Å². The molecule has 0 radical (unpaired) electrons. The highest BCUT2D eigenvalue weighted by atomic mass is 35.5. The van der Waals surface area contributed by atoms with Gasteiger partial charge in [0.15, 0.2) is 0 Å². The third kappa shape index (κ3) is 4.29. The fourth-order valence-corrected chi connectivity index (χ4v) is 9.39. The third-order valence-electron chi connectivity index (χ3n) is 6.45. The normalized spacial score (nSPS) is 16.9. The van der Waals surface area contributed by atoms with Crippen LogP contribution < -0.4 is 15.9 Å². The number of hydrogen-bond donors (Lipinski definition) is 1. The minimum atomic E-state index is -3.22. The lowest BCUT2D eigenvalue weighted by Crippen LogP contribution is -2.52. The Morgan fingerprint density at radius 1 is 0.789 bits per heavy atom. The molecule has 0 spiro atoms. The van der Waals surface area contributed by atoms with Crippen LogP contribution in [0.25, 0.3) is 5.76 Å². The van der Waals surface area contributed by atoms with Gasteiger partial charge in [0.2, 0.25) is 5.78 Å².